The van der Waals surface area contributed by atoms with Gasteiger partial charge >= 0.3 is 0 Å². The molecule has 12 heteroatoms. The number of rotatable bonds is 14. The zero-order valence-electron chi connectivity index (χ0n) is 31.0. The minimum Gasteiger partial charge on any atom is -0.496 e. The summed E-state index contributed by atoms with van der Waals surface area (Å²) in [5.41, 5.74) is 6.20. The predicted molar refractivity (Wildman–Crippen MR) is 204 cm³/mol. The quantitative estimate of drug-likeness (QED) is 0.0949. The lowest BCUT2D eigenvalue weighted by Crippen LogP contribution is -2.54. The largest absolute Gasteiger partial charge is 0.496 e. The fourth-order valence-electron chi connectivity index (χ4n) is 6.53. The average molecular weight is 743 g/mol. The SMILES string of the molecule is COc1cc(OCc2ccc(-c3ccccc3)cc2C)cc(OC)c1CNCCNC(=O)CCC#Cc1ccc2c(c1)C(=O)N(C1CCC(=O)NC1=O)C2=O. The third-order valence-corrected chi connectivity index (χ3v) is 9.50. The van der Waals surface area contributed by atoms with Crippen LogP contribution in [0.5, 0.6) is 17.2 Å². The summed E-state index contributed by atoms with van der Waals surface area (Å²) in [6.07, 6.45) is 0.597. The van der Waals surface area contributed by atoms with Gasteiger partial charge in [0.1, 0.15) is 29.9 Å². The van der Waals surface area contributed by atoms with E-state index in [1.807, 2.05) is 30.3 Å². The topological polar surface area (TPSA) is 152 Å². The molecule has 3 N–H and O–H groups in total. The molecule has 1 fully saturated rings. The lowest BCUT2D eigenvalue weighted by molar-refractivity contribution is -0.136. The van der Waals surface area contributed by atoms with Gasteiger partial charge in [0.05, 0.1) is 30.9 Å². The van der Waals surface area contributed by atoms with Gasteiger partial charge < -0.3 is 24.8 Å². The summed E-state index contributed by atoms with van der Waals surface area (Å²) in [7, 11) is 3.19. The van der Waals surface area contributed by atoms with Gasteiger partial charge in [-0.15, -0.1) is 0 Å². The molecule has 5 amide bonds. The zero-order valence-corrected chi connectivity index (χ0v) is 31.0. The zero-order chi connectivity index (χ0) is 38.9. The fourth-order valence-corrected chi connectivity index (χ4v) is 6.53. The van der Waals surface area contributed by atoms with Crippen LogP contribution in [0.1, 0.15) is 68.7 Å². The van der Waals surface area contributed by atoms with E-state index < -0.39 is 29.7 Å². The first kappa shape index (κ1) is 38.3. The van der Waals surface area contributed by atoms with Gasteiger partial charge in [0, 0.05) is 56.6 Å². The van der Waals surface area contributed by atoms with E-state index in [1.54, 1.807) is 20.3 Å². The Bertz CT molecular complexity index is 2160. The van der Waals surface area contributed by atoms with Crippen molar-refractivity contribution < 1.29 is 38.2 Å². The van der Waals surface area contributed by atoms with Gasteiger partial charge in [-0.05, 0) is 53.8 Å². The standard InChI is InChI=1S/C43H42N4O8/c1-27-21-30(29-10-5-4-6-11-29)14-15-31(27)26-55-32-23-37(53-2)35(38(24-32)54-3)25-44-19-20-45-39(48)12-8-7-9-28-13-16-33-34(22-28)43(52)47(42(33)51)36-17-18-40(49)46-41(36)50/h4-6,10-11,13-16,21-24,36,44H,8,12,17-20,25-26H2,1-3H3,(H,45,48)(H,46,49,50). The number of methoxy groups -OCH3 is 2. The molecule has 0 aromatic heterocycles. The van der Waals surface area contributed by atoms with Gasteiger partial charge in [0.2, 0.25) is 17.7 Å². The number of hydrogen-bond donors (Lipinski definition) is 3. The average Bonchev–Trinajstić information content (AvgIpc) is 3.44. The van der Waals surface area contributed by atoms with Gasteiger partial charge in [-0.25, -0.2) is 0 Å². The molecule has 4 aromatic rings. The number of hydrogen-bond acceptors (Lipinski definition) is 9. The Kier molecular flexibility index (Phi) is 12.2. The van der Waals surface area contributed by atoms with Crippen LogP contribution in [0.4, 0.5) is 0 Å². The molecule has 1 saturated heterocycles. The third kappa shape index (κ3) is 9.03. The highest BCUT2D eigenvalue weighted by Crippen LogP contribution is 2.35. The minimum atomic E-state index is -1.03. The minimum absolute atomic E-state index is 0.0488. The van der Waals surface area contributed by atoms with Crippen LogP contribution in [0.3, 0.4) is 0 Å². The van der Waals surface area contributed by atoms with Crippen LogP contribution in [0.25, 0.3) is 11.1 Å². The van der Waals surface area contributed by atoms with Gasteiger partial charge in [-0.2, -0.15) is 0 Å². The second-order valence-corrected chi connectivity index (χ2v) is 13.1. The van der Waals surface area contributed by atoms with E-state index in [2.05, 4.69) is 65.0 Å². The number of nitrogens with zero attached hydrogens (tertiary/aromatic N) is 1. The monoisotopic (exact) mass is 742 g/mol. The summed E-state index contributed by atoms with van der Waals surface area (Å²) in [4.78, 5) is 63.1. The molecule has 2 aliphatic rings. The number of benzene rings is 4. The van der Waals surface area contributed by atoms with Crippen molar-refractivity contribution in [3.05, 3.63) is 112 Å². The number of nitrogens with one attached hydrogen (secondary N) is 3. The molecule has 6 rings (SSSR count). The first-order valence-corrected chi connectivity index (χ1v) is 18.0. The lowest BCUT2D eigenvalue weighted by atomic mass is 10.0. The molecule has 0 saturated carbocycles. The summed E-state index contributed by atoms with van der Waals surface area (Å²) in [5, 5.41) is 8.38. The second-order valence-electron chi connectivity index (χ2n) is 13.1. The number of aryl methyl sites for hydroxylation is 1. The van der Waals surface area contributed by atoms with Crippen molar-refractivity contribution >= 4 is 29.5 Å². The maximum atomic E-state index is 13.0. The van der Waals surface area contributed by atoms with Gasteiger partial charge in [-0.1, -0.05) is 60.4 Å². The molecule has 0 radical (unpaired) electrons. The molecular formula is C43H42N4O8. The summed E-state index contributed by atoms with van der Waals surface area (Å²) >= 11 is 0. The smallest absolute Gasteiger partial charge is 0.262 e. The van der Waals surface area contributed by atoms with E-state index in [4.69, 9.17) is 14.2 Å². The van der Waals surface area contributed by atoms with E-state index in [9.17, 15) is 24.0 Å². The van der Waals surface area contributed by atoms with Crippen molar-refractivity contribution in [1.82, 2.24) is 20.9 Å². The van der Waals surface area contributed by atoms with Crippen molar-refractivity contribution in [1.29, 1.82) is 0 Å². The molecule has 0 aliphatic carbocycles. The first-order chi connectivity index (χ1) is 26.7. The number of carbonyl (C=O) groups excluding carboxylic acids is 5. The highest BCUT2D eigenvalue weighted by molar-refractivity contribution is 6.23. The van der Waals surface area contributed by atoms with E-state index in [-0.39, 0.29) is 42.7 Å². The number of piperidine rings is 1. The molecule has 2 heterocycles. The van der Waals surface area contributed by atoms with Crippen LogP contribution >= 0.6 is 0 Å². The van der Waals surface area contributed by atoms with E-state index >= 15 is 0 Å². The van der Waals surface area contributed by atoms with Crippen molar-refractivity contribution in [2.45, 2.75) is 51.8 Å². The van der Waals surface area contributed by atoms with Gasteiger partial charge in [-0.3, -0.25) is 34.2 Å². The Labute approximate surface area is 319 Å². The molecule has 0 bridgehead atoms. The first-order valence-electron chi connectivity index (χ1n) is 18.0. The van der Waals surface area contributed by atoms with Crippen LogP contribution in [-0.2, 0) is 27.5 Å². The van der Waals surface area contributed by atoms with E-state index in [0.29, 0.717) is 49.1 Å². The molecule has 55 heavy (non-hydrogen) atoms. The lowest BCUT2D eigenvalue weighted by Gasteiger charge is -2.27. The molecule has 1 unspecified atom stereocenters. The van der Waals surface area contributed by atoms with Crippen molar-refractivity contribution in [2.24, 2.45) is 0 Å². The Balaban J connectivity index is 0.939. The van der Waals surface area contributed by atoms with Crippen molar-refractivity contribution in [3.8, 4) is 40.2 Å². The molecule has 1 atom stereocenters. The number of fused-ring (bicyclic) bond motifs is 1. The molecule has 4 aromatic carbocycles. The molecule has 0 spiro atoms. The van der Waals surface area contributed by atoms with Crippen LogP contribution in [0.2, 0.25) is 0 Å². The number of amides is 5. The van der Waals surface area contributed by atoms with Crippen LogP contribution in [0, 0.1) is 18.8 Å². The van der Waals surface area contributed by atoms with Crippen LogP contribution in [-0.4, -0.2) is 67.8 Å². The van der Waals surface area contributed by atoms with E-state index in [1.165, 1.54) is 17.7 Å². The normalized spacial score (nSPS) is 14.8. The molecular weight excluding hydrogens is 700 g/mol. The summed E-state index contributed by atoms with van der Waals surface area (Å²) in [5.74, 6) is 5.31. The molecule has 12 nitrogen and oxygen atoms in total. The van der Waals surface area contributed by atoms with E-state index in [0.717, 1.165) is 27.2 Å². The fraction of sp³-hybridized carbons (Fsp3) is 0.279. The Morgan fingerprint density at radius 2 is 1.62 bits per heavy atom. The summed E-state index contributed by atoms with van der Waals surface area (Å²) in [6.45, 7) is 3.80. The summed E-state index contributed by atoms with van der Waals surface area (Å²) in [6, 6.07) is 23.9. The van der Waals surface area contributed by atoms with Crippen molar-refractivity contribution in [2.75, 3.05) is 27.3 Å². The Hall–Kier alpha value is -6.45. The second kappa shape index (κ2) is 17.6. The van der Waals surface area contributed by atoms with Crippen LogP contribution in [0.15, 0.2) is 78.9 Å². The highest BCUT2D eigenvalue weighted by Gasteiger charge is 2.44. The Morgan fingerprint density at radius 3 is 2.33 bits per heavy atom. The van der Waals surface area contributed by atoms with Crippen molar-refractivity contribution in [3.63, 3.8) is 0 Å². The molecule has 282 valence electrons. The highest BCUT2D eigenvalue weighted by atomic mass is 16.5. The number of ether oxygens (including phenoxy) is 3. The van der Waals surface area contributed by atoms with Crippen LogP contribution < -0.4 is 30.2 Å². The predicted octanol–water partition coefficient (Wildman–Crippen LogP) is 4.70. The van der Waals surface area contributed by atoms with Gasteiger partial charge in [0.15, 0.2) is 0 Å². The third-order valence-electron chi connectivity index (χ3n) is 9.50. The maximum absolute atomic E-state index is 13.0. The Morgan fingerprint density at radius 1 is 0.873 bits per heavy atom. The number of imide groups is 2. The van der Waals surface area contributed by atoms with Gasteiger partial charge in [0.25, 0.3) is 11.8 Å². The molecule has 2 aliphatic heterocycles. The maximum Gasteiger partial charge on any atom is 0.262 e. The number of carbonyl (C=O) groups is 5. The summed E-state index contributed by atoms with van der Waals surface area (Å²) < 4.78 is 17.5.